The largest absolute Gasteiger partial charge is 0.494 e. The van der Waals surface area contributed by atoms with Crippen molar-refractivity contribution in [1.82, 2.24) is 0 Å². The molecule has 0 bridgehead atoms. The normalized spacial score (nSPS) is 12.2. The van der Waals surface area contributed by atoms with Gasteiger partial charge in [0, 0.05) is 6.42 Å². The van der Waals surface area contributed by atoms with E-state index in [0.29, 0.717) is 31.1 Å². The smallest absolute Gasteiger partial charge is 0.349 e. The zero-order chi connectivity index (χ0) is 18.9. The van der Waals surface area contributed by atoms with Crippen LogP contribution in [0.15, 0.2) is 24.3 Å². The van der Waals surface area contributed by atoms with Gasteiger partial charge in [0.2, 0.25) is 0 Å². The van der Waals surface area contributed by atoms with Crippen LogP contribution in [0.2, 0.25) is 0 Å². The van der Waals surface area contributed by atoms with Crippen molar-refractivity contribution < 1.29 is 28.5 Å². The number of hydrogen-bond acceptors (Lipinski definition) is 7. The standard InChI is InChI=1S/C18H27NO6/c1-5-22-16(20)15(19)11-12-24-13-7-9-14(10-8-13)25-18(3,4)17(21)23-6-2/h7-10,15H,5-6,11-12,19H2,1-4H3. The molecule has 1 aromatic rings. The number of rotatable bonds is 10. The maximum atomic E-state index is 11.8. The summed E-state index contributed by atoms with van der Waals surface area (Å²) in [5.74, 6) is 0.269. The van der Waals surface area contributed by atoms with Crippen molar-refractivity contribution in [2.75, 3.05) is 19.8 Å². The first-order chi connectivity index (χ1) is 11.8. The Balaban J connectivity index is 2.48. The fourth-order valence-corrected chi connectivity index (χ4v) is 1.92. The number of ether oxygens (including phenoxy) is 4. The Kier molecular flexibility index (Phi) is 8.21. The van der Waals surface area contributed by atoms with E-state index in [2.05, 4.69) is 0 Å². The van der Waals surface area contributed by atoms with Crippen LogP contribution in [0.1, 0.15) is 34.1 Å². The van der Waals surface area contributed by atoms with Crippen LogP contribution in [0.3, 0.4) is 0 Å². The molecule has 7 heteroatoms. The second-order valence-electron chi connectivity index (χ2n) is 5.80. The van der Waals surface area contributed by atoms with Gasteiger partial charge in [-0.2, -0.15) is 0 Å². The van der Waals surface area contributed by atoms with Gasteiger partial charge in [-0.1, -0.05) is 0 Å². The molecule has 0 saturated heterocycles. The van der Waals surface area contributed by atoms with E-state index in [1.54, 1.807) is 52.0 Å². The summed E-state index contributed by atoms with van der Waals surface area (Å²) in [5.41, 5.74) is 4.62. The van der Waals surface area contributed by atoms with Crippen LogP contribution in [0.4, 0.5) is 0 Å². The number of carbonyl (C=O) groups excluding carboxylic acids is 2. The average Bonchev–Trinajstić information content (AvgIpc) is 2.56. The van der Waals surface area contributed by atoms with Crippen molar-refractivity contribution in [3.63, 3.8) is 0 Å². The molecule has 0 amide bonds. The van der Waals surface area contributed by atoms with Crippen molar-refractivity contribution in [3.8, 4) is 11.5 Å². The molecule has 0 aromatic heterocycles. The molecule has 0 fully saturated rings. The molecular formula is C18H27NO6. The van der Waals surface area contributed by atoms with Crippen LogP contribution in [0.25, 0.3) is 0 Å². The van der Waals surface area contributed by atoms with Crippen molar-refractivity contribution in [2.45, 2.75) is 45.8 Å². The van der Waals surface area contributed by atoms with E-state index < -0.39 is 23.6 Å². The monoisotopic (exact) mass is 353 g/mol. The highest BCUT2D eigenvalue weighted by Gasteiger charge is 2.31. The van der Waals surface area contributed by atoms with Gasteiger partial charge in [0.1, 0.15) is 17.5 Å². The Labute approximate surface area is 148 Å². The molecule has 0 aliphatic carbocycles. The third-order valence-electron chi connectivity index (χ3n) is 3.25. The fraction of sp³-hybridized carbons (Fsp3) is 0.556. The van der Waals surface area contributed by atoms with Crippen LogP contribution in [0.5, 0.6) is 11.5 Å². The summed E-state index contributed by atoms with van der Waals surface area (Å²) in [6.45, 7) is 7.65. The van der Waals surface area contributed by atoms with Gasteiger partial charge in [0.05, 0.1) is 19.8 Å². The molecule has 0 saturated carbocycles. The van der Waals surface area contributed by atoms with E-state index in [0.717, 1.165) is 0 Å². The third-order valence-corrected chi connectivity index (χ3v) is 3.25. The highest BCUT2D eigenvalue weighted by molar-refractivity contribution is 5.79. The Morgan fingerprint density at radius 2 is 1.60 bits per heavy atom. The number of nitrogens with two attached hydrogens (primary N) is 1. The molecule has 0 aliphatic rings. The number of esters is 2. The lowest BCUT2D eigenvalue weighted by Gasteiger charge is -2.24. The predicted molar refractivity (Wildman–Crippen MR) is 92.5 cm³/mol. The number of carbonyl (C=O) groups is 2. The Bertz CT molecular complexity index is 555. The summed E-state index contributed by atoms with van der Waals surface area (Å²) in [7, 11) is 0. The van der Waals surface area contributed by atoms with Crippen LogP contribution >= 0.6 is 0 Å². The summed E-state index contributed by atoms with van der Waals surface area (Å²) in [5, 5.41) is 0. The fourth-order valence-electron chi connectivity index (χ4n) is 1.92. The van der Waals surface area contributed by atoms with Gasteiger partial charge in [-0.3, -0.25) is 4.79 Å². The van der Waals surface area contributed by atoms with Crippen molar-refractivity contribution in [1.29, 1.82) is 0 Å². The maximum Gasteiger partial charge on any atom is 0.349 e. The molecule has 1 aromatic carbocycles. The van der Waals surface area contributed by atoms with Gasteiger partial charge < -0.3 is 24.7 Å². The molecule has 0 heterocycles. The lowest BCUT2D eigenvalue weighted by molar-refractivity contribution is -0.158. The molecule has 0 spiro atoms. The molecule has 25 heavy (non-hydrogen) atoms. The van der Waals surface area contributed by atoms with Gasteiger partial charge in [-0.05, 0) is 52.0 Å². The van der Waals surface area contributed by atoms with E-state index in [4.69, 9.17) is 24.7 Å². The Morgan fingerprint density at radius 1 is 1.04 bits per heavy atom. The van der Waals surface area contributed by atoms with E-state index in [9.17, 15) is 9.59 Å². The van der Waals surface area contributed by atoms with Crippen molar-refractivity contribution >= 4 is 11.9 Å². The van der Waals surface area contributed by atoms with E-state index in [1.807, 2.05) is 0 Å². The summed E-state index contributed by atoms with van der Waals surface area (Å²) in [6.07, 6.45) is 0.354. The van der Waals surface area contributed by atoms with Gasteiger partial charge in [0.25, 0.3) is 0 Å². The van der Waals surface area contributed by atoms with Gasteiger partial charge >= 0.3 is 11.9 Å². The number of hydrogen-bond donors (Lipinski definition) is 1. The summed E-state index contributed by atoms with van der Waals surface area (Å²) < 4.78 is 21.0. The maximum absolute atomic E-state index is 11.8. The SMILES string of the molecule is CCOC(=O)C(N)CCOc1ccc(OC(C)(C)C(=O)OCC)cc1. The first kappa shape index (κ1) is 20.8. The molecule has 0 aliphatic heterocycles. The first-order valence-electron chi connectivity index (χ1n) is 8.31. The highest BCUT2D eigenvalue weighted by atomic mass is 16.6. The molecule has 1 atom stereocenters. The molecule has 0 radical (unpaired) electrons. The van der Waals surface area contributed by atoms with Crippen LogP contribution in [-0.4, -0.2) is 43.4 Å². The second-order valence-corrected chi connectivity index (χ2v) is 5.80. The summed E-state index contributed by atoms with van der Waals surface area (Å²) in [4.78, 5) is 23.2. The van der Waals surface area contributed by atoms with Crippen LogP contribution in [-0.2, 0) is 19.1 Å². The molecular weight excluding hydrogens is 326 g/mol. The van der Waals surface area contributed by atoms with Gasteiger partial charge in [0.15, 0.2) is 5.60 Å². The minimum atomic E-state index is -1.08. The average molecular weight is 353 g/mol. The van der Waals surface area contributed by atoms with Crippen molar-refractivity contribution in [2.24, 2.45) is 5.73 Å². The first-order valence-corrected chi connectivity index (χ1v) is 8.31. The van der Waals surface area contributed by atoms with Gasteiger partial charge in [-0.25, -0.2) is 4.79 Å². The van der Waals surface area contributed by atoms with E-state index >= 15 is 0 Å². The molecule has 7 nitrogen and oxygen atoms in total. The quantitative estimate of drug-likeness (QED) is 0.643. The number of benzene rings is 1. The predicted octanol–water partition coefficient (Wildman–Crippen LogP) is 2.07. The van der Waals surface area contributed by atoms with E-state index in [1.165, 1.54) is 0 Å². The van der Waals surface area contributed by atoms with Crippen molar-refractivity contribution in [3.05, 3.63) is 24.3 Å². The Hall–Kier alpha value is -2.28. The second kappa shape index (κ2) is 9.88. The summed E-state index contributed by atoms with van der Waals surface area (Å²) >= 11 is 0. The lowest BCUT2D eigenvalue weighted by Crippen LogP contribution is -2.39. The minimum absolute atomic E-state index is 0.286. The zero-order valence-corrected chi connectivity index (χ0v) is 15.2. The molecule has 1 unspecified atom stereocenters. The molecule has 1 rings (SSSR count). The zero-order valence-electron chi connectivity index (χ0n) is 15.2. The third kappa shape index (κ3) is 7.01. The van der Waals surface area contributed by atoms with Crippen LogP contribution in [0, 0.1) is 0 Å². The highest BCUT2D eigenvalue weighted by Crippen LogP contribution is 2.23. The van der Waals surface area contributed by atoms with E-state index in [-0.39, 0.29) is 6.61 Å². The lowest BCUT2D eigenvalue weighted by atomic mass is 10.1. The van der Waals surface area contributed by atoms with Gasteiger partial charge in [-0.15, -0.1) is 0 Å². The van der Waals surface area contributed by atoms with Crippen LogP contribution < -0.4 is 15.2 Å². The topological polar surface area (TPSA) is 97.1 Å². The molecule has 140 valence electrons. The minimum Gasteiger partial charge on any atom is -0.494 e. The summed E-state index contributed by atoms with van der Waals surface area (Å²) in [6, 6.07) is 6.12. The molecule has 2 N–H and O–H groups in total. The Morgan fingerprint density at radius 3 is 2.16 bits per heavy atom.